The fourth-order valence-electron chi connectivity index (χ4n) is 3.27. The summed E-state index contributed by atoms with van der Waals surface area (Å²) >= 11 is 0. The quantitative estimate of drug-likeness (QED) is 0.916. The van der Waals surface area contributed by atoms with Gasteiger partial charge < -0.3 is 10.2 Å². The molecule has 3 rings (SSSR count). The zero-order valence-corrected chi connectivity index (χ0v) is 13.3. The Kier molecular flexibility index (Phi) is 4.03. The number of amides is 1. The summed E-state index contributed by atoms with van der Waals surface area (Å²) in [6.07, 6.45) is 0.844. The largest absolute Gasteiger partial charge is 0.378 e. The highest BCUT2D eigenvalue weighted by Crippen LogP contribution is 2.38. The number of nitriles is 1. The molecule has 0 aliphatic carbocycles. The van der Waals surface area contributed by atoms with Gasteiger partial charge in [0, 0.05) is 24.3 Å². The topological polar surface area (TPSA) is 56.1 Å². The van der Waals surface area contributed by atoms with Crippen LogP contribution in [0, 0.1) is 11.3 Å². The molecule has 0 bridgehead atoms. The van der Waals surface area contributed by atoms with Gasteiger partial charge in [-0.25, -0.2) is 0 Å². The number of anilines is 2. The van der Waals surface area contributed by atoms with Crippen molar-refractivity contribution < 1.29 is 4.79 Å². The Morgan fingerprint density at radius 1 is 1.22 bits per heavy atom. The number of carbonyl (C=O) groups is 1. The smallest absolute Gasteiger partial charge is 0.224 e. The van der Waals surface area contributed by atoms with Gasteiger partial charge in [0.2, 0.25) is 5.91 Å². The minimum atomic E-state index is 0.0711. The number of benzene rings is 2. The third kappa shape index (κ3) is 2.91. The third-order valence-corrected chi connectivity index (χ3v) is 4.28. The van der Waals surface area contributed by atoms with Gasteiger partial charge in [0.05, 0.1) is 17.7 Å². The molecule has 1 heterocycles. The van der Waals surface area contributed by atoms with Gasteiger partial charge in [-0.15, -0.1) is 0 Å². The number of rotatable bonds is 2. The molecular weight excluding hydrogens is 286 g/mol. The highest BCUT2D eigenvalue weighted by atomic mass is 16.2. The van der Waals surface area contributed by atoms with E-state index >= 15 is 0 Å². The van der Waals surface area contributed by atoms with Crippen LogP contribution in [0.2, 0.25) is 0 Å². The number of hydrogen-bond donors (Lipinski definition) is 1. The number of carbonyl (C=O) groups excluding carboxylic acids is 1. The molecule has 0 saturated carbocycles. The summed E-state index contributed by atoms with van der Waals surface area (Å²) in [5.41, 5.74) is 3.73. The average Bonchev–Trinajstić information content (AvgIpc) is 2.55. The summed E-state index contributed by atoms with van der Waals surface area (Å²) < 4.78 is 0. The van der Waals surface area contributed by atoms with E-state index in [0.717, 1.165) is 23.4 Å². The molecule has 0 aromatic heterocycles. The van der Waals surface area contributed by atoms with Crippen molar-refractivity contribution in [3.63, 3.8) is 0 Å². The first-order valence-electron chi connectivity index (χ1n) is 7.75. The van der Waals surface area contributed by atoms with E-state index in [1.54, 1.807) is 6.92 Å². The standard InChI is InChI=1S/C19H19N3O/c1-13-11-18(21-16-9-7-15(12-20)8-10-16)17-5-3-4-6-19(17)22(13)14(2)23/h3-10,13,18,21H,11H2,1-2H3/t13-,18+/m0/s1. The van der Waals surface area contributed by atoms with E-state index in [9.17, 15) is 4.79 Å². The zero-order chi connectivity index (χ0) is 16.4. The van der Waals surface area contributed by atoms with Crippen molar-refractivity contribution >= 4 is 17.3 Å². The van der Waals surface area contributed by atoms with Crippen molar-refractivity contribution in [3.05, 3.63) is 59.7 Å². The van der Waals surface area contributed by atoms with Crippen LogP contribution in [0.15, 0.2) is 48.5 Å². The number of fused-ring (bicyclic) bond motifs is 1. The second-order valence-electron chi connectivity index (χ2n) is 5.92. The van der Waals surface area contributed by atoms with Gasteiger partial charge in [0.15, 0.2) is 0 Å². The van der Waals surface area contributed by atoms with Crippen LogP contribution in [0.3, 0.4) is 0 Å². The predicted octanol–water partition coefficient (Wildman–Crippen LogP) is 3.86. The van der Waals surface area contributed by atoms with Crippen molar-refractivity contribution in [2.75, 3.05) is 10.2 Å². The summed E-state index contributed by atoms with van der Waals surface area (Å²) in [5, 5.41) is 12.4. The Bertz CT molecular complexity index is 761. The lowest BCUT2D eigenvalue weighted by atomic mass is 9.91. The lowest BCUT2D eigenvalue weighted by molar-refractivity contribution is -0.117. The van der Waals surface area contributed by atoms with Crippen LogP contribution < -0.4 is 10.2 Å². The van der Waals surface area contributed by atoms with Gasteiger partial charge in [-0.2, -0.15) is 5.26 Å². The van der Waals surface area contributed by atoms with Crippen LogP contribution in [-0.2, 0) is 4.79 Å². The van der Waals surface area contributed by atoms with Crippen LogP contribution in [0.5, 0.6) is 0 Å². The third-order valence-electron chi connectivity index (χ3n) is 4.28. The lowest BCUT2D eigenvalue weighted by Crippen LogP contribution is -2.43. The molecule has 1 aliphatic rings. The molecule has 116 valence electrons. The molecule has 1 N–H and O–H groups in total. The molecule has 1 amide bonds. The molecule has 4 heteroatoms. The van der Waals surface area contributed by atoms with Crippen LogP contribution in [-0.4, -0.2) is 11.9 Å². The fourth-order valence-corrected chi connectivity index (χ4v) is 3.27. The van der Waals surface area contributed by atoms with Crippen molar-refractivity contribution in [1.82, 2.24) is 0 Å². The van der Waals surface area contributed by atoms with Crippen LogP contribution in [0.1, 0.15) is 37.4 Å². The van der Waals surface area contributed by atoms with E-state index in [4.69, 9.17) is 5.26 Å². The Balaban J connectivity index is 1.92. The maximum Gasteiger partial charge on any atom is 0.224 e. The second-order valence-corrected chi connectivity index (χ2v) is 5.92. The molecule has 23 heavy (non-hydrogen) atoms. The fraction of sp³-hybridized carbons (Fsp3) is 0.263. The first-order valence-corrected chi connectivity index (χ1v) is 7.75. The number of nitrogens with zero attached hydrogens (tertiary/aromatic N) is 2. The Hall–Kier alpha value is -2.80. The summed E-state index contributed by atoms with van der Waals surface area (Å²) in [6.45, 7) is 3.69. The van der Waals surface area contributed by atoms with E-state index in [1.165, 1.54) is 0 Å². The maximum atomic E-state index is 12.0. The first-order chi connectivity index (χ1) is 11.1. The van der Waals surface area contributed by atoms with Crippen molar-refractivity contribution in [1.29, 1.82) is 5.26 Å². The normalized spacial score (nSPS) is 19.6. The van der Waals surface area contributed by atoms with Gasteiger partial charge in [-0.1, -0.05) is 18.2 Å². The van der Waals surface area contributed by atoms with E-state index in [-0.39, 0.29) is 18.0 Å². The van der Waals surface area contributed by atoms with E-state index in [0.29, 0.717) is 5.56 Å². The molecule has 2 atom stereocenters. The van der Waals surface area contributed by atoms with Crippen molar-refractivity contribution in [2.45, 2.75) is 32.4 Å². The van der Waals surface area contributed by atoms with Crippen LogP contribution in [0.4, 0.5) is 11.4 Å². The second kappa shape index (κ2) is 6.13. The Morgan fingerprint density at radius 2 is 1.91 bits per heavy atom. The SMILES string of the molecule is CC(=O)N1c2ccccc2[C@H](Nc2ccc(C#N)cc2)C[C@@H]1C. The van der Waals surface area contributed by atoms with Crippen LogP contribution >= 0.6 is 0 Å². The summed E-state index contributed by atoms with van der Waals surface area (Å²) in [6, 6.07) is 17.9. The molecule has 0 radical (unpaired) electrons. The lowest BCUT2D eigenvalue weighted by Gasteiger charge is -2.39. The van der Waals surface area contributed by atoms with E-state index in [1.807, 2.05) is 47.4 Å². The van der Waals surface area contributed by atoms with Crippen molar-refractivity contribution in [3.8, 4) is 6.07 Å². The van der Waals surface area contributed by atoms with Crippen molar-refractivity contribution in [2.24, 2.45) is 0 Å². The maximum absolute atomic E-state index is 12.0. The molecule has 0 spiro atoms. The van der Waals surface area contributed by atoms with Crippen LogP contribution in [0.25, 0.3) is 0 Å². The van der Waals surface area contributed by atoms with Gasteiger partial charge in [0.1, 0.15) is 0 Å². The predicted molar refractivity (Wildman–Crippen MR) is 91.2 cm³/mol. The molecule has 0 saturated heterocycles. The summed E-state index contributed by atoms with van der Waals surface area (Å²) in [7, 11) is 0. The number of nitrogens with one attached hydrogen (secondary N) is 1. The van der Waals surface area contributed by atoms with E-state index in [2.05, 4.69) is 24.4 Å². The molecular formula is C19H19N3O. The minimum absolute atomic E-state index is 0.0711. The van der Waals surface area contributed by atoms with E-state index < -0.39 is 0 Å². The Morgan fingerprint density at radius 3 is 2.57 bits per heavy atom. The molecule has 1 aliphatic heterocycles. The highest BCUT2D eigenvalue weighted by Gasteiger charge is 2.31. The zero-order valence-electron chi connectivity index (χ0n) is 13.3. The minimum Gasteiger partial charge on any atom is -0.378 e. The van der Waals surface area contributed by atoms with Gasteiger partial charge in [-0.3, -0.25) is 4.79 Å². The summed E-state index contributed by atoms with van der Waals surface area (Å²) in [4.78, 5) is 13.8. The molecule has 2 aromatic carbocycles. The average molecular weight is 305 g/mol. The molecule has 2 aromatic rings. The molecule has 4 nitrogen and oxygen atoms in total. The van der Waals surface area contributed by atoms with Gasteiger partial charge in [-0.05, 0) is 49.2 Å². The van der Waals surface area contributed by atoms with Gasteiger partial charge in [0.25, 0.3) is 0 Å². The monoisotopic (exact) mass is 305 g/mol. The van der Waals surface area contributed by atoms with Gasteiger partial charge >= 0.3 is 0 Å². The number of hydrogen-bond acceptors (Lipinski definition) is 3. The highest BCUT2D eigenvalue weighted by molar-refractivity contribution is 5.93. The molecule has 0 fully saturated rings. The Labute approximate surface area is 136 Å². The number of para-hydroxylation sites is 1. The molecule has 0 unspecified atom stereocenters. The first kappa shape index (κ1) is 15.1. The summed E-state index contributed by atoms with van der Waals surface area (Å²) in [5.74, 6) is 0.0711.